The van der Waals surface area contributed by atoms with E-state index in [1.165, 1.54) is 0 Å². The van der Waals surface area contributed by atoms with Gasteiger partial charge in [-0.3, -0.25) is 0 Å². The normalized spacial score (nSPS) is 18.4. The molecule has 0 spiro atoms. The van der Waals surface area contributed by atoms with Gasteiger partial charge in [0, 0.05) is 5.54 Å². The fourth-order valence-electron chi connectivity index (χ4n) is 1.58. The quantitative estimate of drug-likeness (QED) is 0.524. The summed E-state index contributed by atoms with van der Waals surface area (Å²) in [6.45, 7) is 0. The van der Waals surface area contributed by atoms with Crippen molar-refractivity contribution >= 4 is 12.6 Å². The first-order valence-electron chi connectivity index (χ1n) is 4.38. The van der Waals surface area contributed by atoms with Crippen LogP contribution in [0.5, 0.6) is 0 Å². The molecule has 4 heteroatoms. The lowest BCUT2D eigenvalue weighted by molar-refractivity contribution is 0.425. The number of hydrogen-bond acceptors (Lipinski definition) is 3. The molecule has 13 heavy (non-hydrogen) atoms. The molecule has 1 aromatic rings. The molecule has 4 N–H and O–H groups in total. The van der Waals surface area contributed by atoms with Crippen molar-refractivity contribution in [2.24, 2.45) is 5.73 Å². The summed E-state index contributed by atoms with van der Waals surface area (Å²) in [5.41, 5.74) is 7.07. The van der Waals surface area contributed by atoms with Crippen molar-refractivity contribution in [1.29, 1.82) is 0 Å². The van der Waals surface area contributed by atoms with Gasteiger partial charge in [0.2, 0.25) is 0 Å². The minimum absolute atomic E-state index is 0.305. The van der Waals surface area contributed by atoms with Crippen molar-refractivity contribution in [1.82, 2.24) is 0 Å². The van der Waals surface area contributed by atoms with E-state index < -0.39 is 7.12 Å². The average Bonchev–Trinajstić information content (AvgIpc) is 2.85. The number of rotatable bonds is 2. The van der Waals surface area contributed by atoms with Crippen molar-refractivity contribution in [3.05, 3.63) is 29.8 Å². The third kappa shape index (κ3) is 1.48. The highest BCUT2D eigenvalue weighted by Crippen LogP contribution is 2.41. The fourth-order valence-corrected chi connectivity index (χ4v) is 1.58. The molecular weight excluding hydrogens is 165 g/mol. The SMILES string of the molecule is NC1(c2ccccc2B(O)O)CC1. The van der Waals surface area contributed by atoms with E-state index in [-0.39, 0.29) is 5.54 Å². The Morgan fingerprint density at radius 1 is 1.23 bits per heavy atom. The minimum Gasteiger partial charge on any atom is -0.423 e. The van der Waals surface area contributed by atoms with Gasteiger partial charge < -0.3 is 15.8 Å². The van der Waals surface area contributed by atoms with E-state index in [0.29, 0.717) is 5.46 Å². The topological polar surface area (TPSA) is 66.5 Å². The summed E-state index contributed by atoms with van der Waals surface area (Å²) in [6.07, 6.45) is 1.85. The number of hydrogen-bond donors (Lipinski definition) is 3. The summed E-state index contributed by atoms with van der Waals surface area (Å²) >= 11 is 0. The molecule has 1 saturated carbocycles. The molecule has 1 aliphatic carbocycles. The van der Waals surface area contributed by atoms with Gasteiger partial charge in [0.1, 0.15) is 0 Å². The molecule has 0 bridgehead atoms. The zero-order valence-corrected chi connectivity index (χ0v) is 7.27. The highest BCUT2D eigenvalue weighted by atomic mass is 16.4. The molecule has 0 saturated heterocycles. The van der Waals surface area contributed by atoms with E-state index in [1.54, 1.807) is 12.1 Å². The second-order valence-electron chi connectivity index (χ2n) is 3.62. The molecule has 0 amide bonds. The van der Waals surface area contributed by atoms with Crippen LogP contribution >= 0.6 is 0 Å². The van der Waals surface area contributed by atoms with Gasteiger partial charge in [-0.1, -0.05) is 24.3 Å². The Kier molecular flexibility index (Phi) is 1.91. The second kappa shape index (κ2) is 2.84. The molecule has 0 aromatic heterocycles. The van der Waals surface area contributed by atoms with E-state index in [4.69, 9.17) is 15.8 Å². The molecule has 0 heterocycles. The Labute approximate surface area is 77.3 Å². The molecule has 1 fully saturated rings. The third-order valence-corrected chi connectivity index (χ3v) is 2.56. The summed E-state index contributed by atoms with van der Waals surface area (Å²) in [6, 6.07) is 7.22. The zero-order chi connectivity index (χ0) is 9.47. The van der Waals surface area contributed by atoms with Gasteiger partial charge in [-0.15, -0.1) is 0 Å². The maximum atomic E-state index is 9.10. The molecule has 0 radical (unpaired) electrons. The van der Waals surface area contributed by atoms with E-state index in [2.05, 4.69) is 0 Å². The van der Waals surface area contributed by atoms with Crippen molar-refractivity contribution in [2.45, 2.75) is 18.4 Å². The van der Waals surface area contributed by atoms with Crippen LogP contribution in [0, 0.1) is 0 Å². The molecule has 2 rings (SSSR count). The standard InChI is InChI=1S/C9H12BNO2/c11-9(5-6-9)7-3-1-2-4-8(7)10(12)13/h1-4,12-13H,5-6,11H2. The van der Waals surface area contributed by atoms with Crippen molar-refractivity contribution in [2.75, 3.05) is 0 Å². The van der Waals surface area contributed by atoms with E-state index in [1.807, 2.05) is 12.1 Å². The Bertz CT molecular complexity index is 323. The molecule has 0 atom stereocenters. The minimum atomic E-state index is -1.42. The van der Waals surface area contributed by atoms with Gasteiger partial charge in [0.05, 0.1) is 0 Å². The molecule has 1 aromatic carbocycles. The Morgan fingerprint density at radius 2 is 1.85 bits per heavy atom. The van der Waals surface area contributed by atoms with Crippen LogP contribution in [-0.4, -0.2) is 17.2 Å². The lowest BCUT2D eigenvalue weighted by Gasteiger charge is -2.14. The van der Waals surface area contributed by atoms with Crippen LogP contribution in [0.3, 0.4) is 0 Å². The molecule has 3 nitrogen and oxygen atoms in total. The van der Waals surface area contributed by atoms with E-state index in [0.717, 1.165) is 18.4 Å². The molecular formula is C9H12BNO2. The summed E-state index contributed by atoms with van der Waals surface area (Å²) in [5.74, 6) is 0. The second-order valence-corrected chi connectivity index (χ2v) is 3.62. The number of benzene rings is 1. The van der Waals surface area contributed by atoms with Crippen LogP contribution in [0.15, 0.2) is 24.3 Å². The maximum absolute atomic E-state index is 9.10. The fraction of sp³-hybridized carbons (Fsp3) is 0.333. The average molecular weight is 177 g/mol. The monoisotopic (exact) mass is 177 g/mol. The summed E-state index contributed by atoms with van der Waals surface area (Å²) < 4.78 is 0. The zero-order valence-electron chi connectivity index (χ0n) is 7.27. The molecule has 68 valence electrons. The van der Waals surface area contributed by atoms with Crippen molar-refractivity contribution in [3.63, 3.8) is 0 Å². The van der Waals surface area contributed by atoms with Gasteiger partial charge >= 0.3 is 7.12 Å². The summed E-state index contributed by atoms with van der Waals surface area (Å²) in [5, 5.41) is 18.2. The molecule has 0 unspecified atom stereocenters. The Hall–Kier alpha value is -0.835. The van der Waals surface area contributed by atoms with Gasteiger partial charge in [0.25, 0.3) is 0 Å². The summed E-state index contributed by atoms with van der Waals surface area (Å²) in [7, 11) is -1.42. The largest absolute Gasteiger partial charge is 0.488 e. The number of nitrogens with two attached hydrogens (primary N) is 1. The molecule has 1 aliphatic rings. The predicted molar refractivity (Wildman–Crippen MR) is 51.4 cm³/mol. The van der Waals surface area contributed by atoms with Gasteiger partial charge in [-0.25, -0.2) is 0 Å². The van der Waals surface area contributed by atoms with Crippen molar-refractivity contribution in [3.8, 4) is 0 Å². The smallest absolute Gasteiger partial charge is 0.423 e. The first kappa shape index (κ1) is 8.75. The van der Waals surface area contributed by atoms with Crippen molar-refractivity contribution < 1.29 is 10.0 Å². The highest BCUT2D eigenvalue weighted by Gasteiger charge is 2.42. The highest BCUT2D eigenvalue weighted by molar-refractivity contribution is 6.59. The first-order valence-corrected chi connectivity index (χ1v) is 4.38. The Morgan fingerprint density at radius 3 is 2.38 bits per heavy atom. The van der Waals surface area contributed by atoms with Crippen LogP contribution in [0.2, 0.25) is 0 Å². The van der Waals surface area contributed by atoms with Gasteiger partial charge in [0.15, 0.2) is 0 Å². The third-order valence-electron chi connectivity index (χ3n) is 2.56. The lowest BCUT2D eigenvalue weighted by atomic mass is 9.75. The summed E-state index contributed by atoms with van der Waals surface area (Å²) in [4.78, 5) is 0. The molecule has 0 aliphatic heterocycles. The van der Waals surface area contributed by atoms with Crippen LogP contribution in [-0.2, 0) is 5.54 Å². The van der Waals surface area contributed by atoms with E-state index in [9.17, 15) is 0 Å². The van der Waals surface area contributed by atoms with Crippen LogP contribution in [0.25, 0.3) is 0 Å². The lowest BCUT2D eigenvalue weighted by Crippen LogP contribution is -2.38. The van der Waals surface area contributed by atoms with Gasteiger partial charge in [-0.05, 0) is 23.9 Å². The van der Waals surface area contributed by atoms with Crippen LogP contribution < -0.4 is 11.2 Å². The predicted octanol–water partition coefficient (Wildman–Crippen LogP) is -0.686. The maximum Gasteiger partial charge on any atom is 0.488 e. The van der Waals surface area contributed by atoms with Crippen LogP contribution in [0.1, 0.15) is 18.4 Å². The van der Waals surface area contributed by atoms with Crippen LogP contribution in [0.4, 0.5) is 0 Å². The van der Waals surface area contributed by atoms with E-state index >= 15 is 0 Å². The Balaban J connectivity index is 2.44. The first-order chi connectivity index (χ1) is 6.13. The van der Waals surface area contributed by atoms with Gasteiger partial charge in [-0.2, -0.15) is 0 Å².